The molecule has 0 saturated carbocycles. The van der Waals surface area contributed by atoms with Crippen molar-refractivity contribution in [2.24, 2.45) is 5.92 Å². The van der Waals surface area contributed by atoms with Crippen LogP contribution in [0.25, 0.3) is 10.2 Å². The molecule has 0 bridgehead atoms. The lowest BCUT2D eigenvalue weighted by molar-refractivity contribution is 0.103. The van der Waals surface area contributed by atoms with Crippen molar-refractivity contribution in [2.45, 2.75) is 19.4 Å². The molecule has 18 heavy (non-hydrogen) atoms. The molecule has 2 unspecified atom stereocenters. The Morgan fingerprint density at radius 1 is 1.50 bits per heavy atom. The Balaban J connectivity index is 2.01. The molecule has 1 N–H and O–H groups in total. The number of aromatic nitrogens is 2. The zero-order chi connectivity index (χ0) is 12.7. The van der Waals surface area contributed by atoms with Crippen molar-refractivity contribution in [3.05, 3.63) is 16.7 Å². The summed E-state index contributed by atoms with van der Waals surface area (Å²) in [7, 11) is 0. The molecule has 3 heterocycles. The Kier molecular flexibility index (Phi) is 3.13. The van der Waals surface area contributed by atoms with Gasteiger partial charge in [-0.3, -0.25) is 0 Å². The maximum atomic E-state index is 9.99. The van der Waals surface area contributed by atoms with Gasteiger partial charge >= 0.3 is 0 Å². The zero-order valence-corrected chi connectivity index (χ0v) is 11.6. The van der Waals surface area contributed by atoms with Gasteiger partial charge in [0.05, 0.1) is 11.5 Å². The van der Waals surface area contributed by atoms with Crippen LogP contribution < -0.4 is 4.90 Å². The fourth-order valence-corrected chi connectivity index (χ4v) is 3.27. The topological polar surface area (TPSA) is 49.2 Å². The SMILES string of the molecule is CC1CCN(c2nc(Cl)nc3sccc23)CC1O. The average molecular weight is 284 g/mol. The van der Waals surface area contributed by atoms with E-state index in [0.29, 0.717) is 12.5 Å². The second-order valence-electron chi connectivity index (χ2n) is 4.73. The van der Waals surface area contributed by atoms with Gasteiger partial charge in [0.15, 0.2) is 0 Å². The summed E-state index contributed by atoms with van der Waals surface area (Å²) in [5.41, 5.74) is 0. The summed E-state index contributed by atoms with van der Waals surface area (Å²) in [6, 6.07) is 2.01. The molecule has 3 rings (SSSR count). The summed E-state index contributed by atoms with van der Waals surface area (Å²) in [5.74, 6) is 1.19. The van der Waals surface area contributed by atoms with Gasteiger partial charge in [0.1, 0.15) is 10.6 Å². The van der Waals surface area contributed by atoms with Crippen LogP contribution >= 0.6 is 22.9 Å². The van der Waals surface area contributed by atoms with E-state index in [9.17, 15) is 5.11 Å². The lowest BCUT2D eigenvalue weighted by Crippen LogP contribution is -2.43. The van der Waals surface area contributed by atoms with Crippen molar-refractivity contribution in [2.75, 3.05) is 18.0 Å². The second-order valence-corrected chi connectivity index (χ2v) is 5.97. The lowest BCUT2D eigenvalue weighted by atomic mass is 9.96. The molecule has 1 fully saturated rings. The van der Waals surface area contributed by atoms with Gasteiger partial charge in [0, 0.05) is 13.1 Å². The van der Waals surface area contributed by atoms with Crippen LogP contribution in [0.2, 0.25) is 5.28 Å². The Hall–Kier alpha value is -0.910. The third-order valence-electron chi connectivity index (χ3n) is 3.50. The van der Waals surface area contributed by atoms with Crippen LogP contribution in [0.15, 0.2) is 11.4 Å². The summed E-state index contributed by atoms with van der Waals surface area (Å²) in [5, 5.41) is 13.3. The first-order chi connectivity index (χ1) is 8.65. The molecule has 4 nitrogen and oxygen atoms in total. The van der Waals surface area contributed by atoms with Crippen LogP contribution in [0.1, 0.15) is 13.3 Å². The van der Waals surface area contributed by atoms with Gasteiger partial charge in [-0.05, 0) is 35.4 Å². The van der Waals surface area contributed by atoms with Gasteiger partial charge in [-0.2, -0.15) is 4.98 Å². The van der Waals surface area contributed by atoms with E-state index in [2.05, 4.69) is 21.8 Å². The minimum absolute atomic E-state index is 0.271. The first kappa shape index (κ1) is 12.1. The molecule has 0 radical (unpaired) electrons. The molecule has 1 aliphatic rings. The smallest absolute Gasteiger partial charge is 0.225 e. The normalized spacial score (nSPS) is 24.7. The summed E-state index contributed by atoms with van der Waals surface area (Å²) in [6.07, 6.45) is 0.662. The number of aliphatic hydroxyl groups is 1. The third-order valence-corrected chi connectivity index (χ3v) is 4.47. The summed E-state index contributed by atoms with van der Waals surface area (Å²) >= 11 is 7.52. The highest BCUT2D eigenvalue weighted by Gasteiger charge is 2.26. The molecule has 1 saturated heterocycles. The van der Waals surface area contributed by atoms with Crippen LogP contribution in [0.5, 0.6) is 0 Å². The number of β-amino-alcohol motifs (C(OH)–C–C–N with tert-alkyl or cyclic N) is 1. The van der Waals surface area contributed by atoms with Crippen molar-refractivity contribution < 1.29 is 5.11 Å². The van der Waals surface area contributed by atoms with E-state index in [1.807, 2.05) is 11.4 Å². The minimum atomic E-state index is -0.304. The van der Waals surface area contributed by atoms with Crippen LogP contribution in [0.3, 0.4) is 0 Å². The highest BCUT2D eigenvalue weighted by Crippen LogP contribution is 2.31. The molecule has 0 spiro atoms. The summed E-state index contributed by atoms with van der Waals surface area (Å²) < 4.78 is 0. The molecule has 0 amide bonds. The number of aliphatic hydroxyl groups excluding tert-OH is 1. The molecule has 0 aliphatic carbocycles. The van der Waals surface area contributed by atoms with Crippen molar-refractivity contribution in [1.82, 2.24) is 9.97 Å². The number of anilines is 1. The lowest BCUT2D eigenvalue weighted by Gasteiger charge is -2.35. The number of thiophene rings is 1. The fourth-order valence-electron chi connectivity index (χ4n) is 2.30. The molecular weight excluding hydrogens is 270 g/mol. The van der Waals surface area contributed by atoms with Crippen LogP contribution in [-0.2, 0) is 0 Å². The van der Waals surface area contributed by atoms with E-state index >= 15 is 0 Å². The van der Waals surface area contributed by atoms with Crippen molar-refractivity contribution in [3.8, 4) is 0 Å². The Morgan fingerprint density at radius 3 is 3.11 bits per heavy atom. The van der Waals surface area contributed by atoms with Gasteiger partial charge < -0.3 is 10.0 Å². The number of hydrogen-bond donors (Lipinski definition) is 1. The Labute approximate surface area is 114 Å². The molecule has 6 heteroatoms. The number of piperidine rings is 1. The largest absolute Gasteiger partial charge is 0.391 e. The van der Waals surface area contributed by atoms with Crippen molar-refractivity contribution >= 4 is 39.0 Å². The molecular formula is C12H14ClN3OS. The molecule has 96 valence electrons. The van der Waals surface area contributed by atoms with Crippen LogP contribution in [-0.4, -0.2) is 34.3 Å². The maximum Gasteiger partial charge on any atom is 0.225 e. The minimum Gasteiger partial charge on any atom is -0.391 e. The van der Waals surface area contributed by atoms with Gasteiger partial charge in [0.2, 0.25) is 5.28 Å². The van der Waals surface area contributed by atoms with E-state index in [1.165, 1.54) is 0 Å². The predicted molar refractivity (Wildman–Crippen MR) is 74.4 cm³/mol. The Bertz CT molecular complexity index is 573. The number of hydrogen-bond acceptors (Lipinski definition) is 5. The highest BCUT2D eigenvalue weighted by atomic mass is 35.5. The van der Waals surface area contributed by atoms with Crippen LogP contribution in [0, 0.1) is 5.92 Å². The molecule has 2 aromatic heterocycles. The van der Waals surface area contributed by atoms with E-state index in [-0.39, 0.29) is 11.4 Å². The van der Waals surface area contributed by atoms with E-state index in [4.69, 9.17) is 11.6 Å². The summed E-state index contributed by atoms with van der Waals surface area (Å²) in [6.45, 7) is 3.59. The number of nitrogens with zero attached hydrogens (tertiary/aromatic N) is 3. The predicted octanol–water partition coefficient (Wildman–Crippen LogP) is 2.55. The first-order valence-corrected chi connectivity index (χ1v) is 7.24. The van der Waals surface area contributed by atoms with Gasteiger partial charge in [-0.25, -0.2) is 4.98 Å². The van der Waals surface area contributed by atoms with Gasteiger partial charge in [0.25, 0.3) is 0 Å². The molecule has 2 aromatic rings. The number of rotatable bonds is 1. The fraction of sp³-hybridized carbons (Fsp3) is 0.500. The highest BCUT2D eigenvalue weighted by molar-refractivity contribution is 7.16. The van der Waals surface area contributed by atoms with Gasteiger partial charge in [-0.15, -0.1) is 11.3 Å². The zero-order valence-electron chi connectivity index (χ0n) is 10.0. The molecule has 0 aromatic carbocycles. The van der Waals surface area contributed by atoms with Crippen molar-refractivity contribution in [3.63, 3.8) is 0 Å². The van der Waals surface area contributed by atoms with Crippen molar-refractivity contribution in [1.29, 1.82) is 0 Å². The number of halogens is 1. The molecule has 1 aliphatic heterocycles. The summed E-state index contributed by atoms with van der Waals surface area (Å²) in [4.78, 5) is 11.5. The Morgan fingerprint density at radius 2 is 2.33 bits per heavy atom. The second kappa shape index (κ2) is 4.64. The molecule has 2 atom stereocenters. The maximum absolute atomic E-state index is 9.99. The van der Waals surface area contributed by atoms with E-state index in [0.717, 1.165) is 29.0 Å². The van der Waals surface area contributed by atoms with Crippen LogP contribution in [0.4, 0.5) is 5.82 Å². The monoisotopic (exact) mass is 283 g/mol. The third kappa shape index (κ3) is 2.06. The number of fused-ring (bicyclic) bond motifs is 1. The van der Waals surface area contributed by atoms with E-state index in [1.54, 1.807) is 11.3 Å². The standard InChI is InChI=1S/C12H14ClN3OS/c1-7-2-4-16(6-9(7)17)10-8-3-5-18-11(8)15-12(13)14-10/h3,5,7,9,17H,2,4,6H2,1H3. The van der Waals surface area contributed by atoms with Gasteiger partial charge in [-0.1, -0.05) is 6.92 Å². The quantitative estimate of drug-likeness (QED) is 0.817. The first-order valence-electron chi connectivity index (χ1n) is 5.99. The average Bonchev–Trinajstić information content (AvgIpc) is 2.79. The van der Waals surface area contributed by atoms with E-state index < -0.39 is 0 Å².